The first kappa shape index (κ1) is 12.6. The number of aryl methyl sites for hydroxylation is 2. The van der Waals surface area contributed by atoms with Gasteiger partial charge in [0.15, 0.2) is 0 Å². The van der Waals surface area contributed by atoms with Gasteiger partial charge in [-0.2, -0.15) is 0 Å². The van der Waals surface area contributed by atoms with Gasteiger partial charge >= 0.3 is 0 Å². The molecule has 1 amide bonds. The van der Waals surface area contributed by atoms with Gasteiger partial charge in [0.25, 0.3) is 5.91 Å². The third-order valence-electron chi connectivity index (χ3n) is 2.64. The Kier molecular flexibility index (Phi) is 3.67. The molecule has 0 radical (unpaired) electrons. The third-order valence-corrected chi connectivity index (χ3v) is 3.86. The molecule has 0 unspecified atom stereocenters. The smallest absolute Gasteiger partial charge is 0.265 e. The molecule has 0 saturated carbocycles. The van der Waals surface area contributed by atoms with E-state index >= 15 is 0 Å². The Labute approximate surface area is 110 Å². The molecule has 0 aliphatic heterocycles. The van der Waals surface area contributed by atoms with Gasteiger partial charge in [-0.05, 0) is 43.2 Å². The van der Waals surface area contributed by atoms with E-state index in [0.29, 0.717) is 10.6 Å². The van der Waals surface area contributed by atoms with Gasteiger partial charge in [-0.1, -0.05) is 13.0 Å². The number of phenols is 1. The van der Waals surface area contributed by atoms with Gasteiger partial charge in [0, 0.05) is 4.88 Å². The number of amides is 1. The molecule has 0 atom stereocenters. The molecule has 0 bridgehead atoms. The monoisotopic (exact) mass is 261 g/mol. The predicted molar refractivity (Wildman–Crippen MR) is 74.5 cm³/mol. The molecule has 2 N–H and O–H groups in total. The highest BCUT2D eigenvalue weighted by Gasteiger charge is 2.11. The van der Waals surface area contributed by atoms with Crippen molar-refractivity contribution in [1.29, 1.82) is 0 Å². The second-order valence-corrected chi connectivity index (χ2v) is 5.26. The predicted octanol–water partition coefficient (Wildman–Crippen LogP) is 3.58. The first-order valence-corrected chi connectivity index (χ1v) is 6.61. The molecule has 0 saturated heterocycles. The first-order chi connectivity index (χ1) is 8.60. The summed E-state index contributed by atoms with van der Waals surface area (Å²) >= 11 is 1.48. The second kappa shape index (κ2) is 5.23. The molecule has 4 heteroatoms. The number of anilines is 1. The van der Waals surface area contributed by atoms with Crippen molar-refractivity contribution in [3.63, 3.8) is 0 Å². The lowest BCUT2D eigenvalue weighted by Gasteiger charge is -2.06. The van der Waals surface area contributed by atoms with E-state index < -0.39 is 0 Å². The quantitative estimate of drug-likeness (QED) is 0.830. The Bertz CT molecular complexity index is 575. The van der Waals surface area contributed by atoms with Crippen molar-refractivity contribution in [2.45, 2.75) is 20.3 Å². The van der Waals surface area contributed by atoms with Crippen LogP contribution in [0, 0.1) is 6.92 Å². The van der Waals surface area contributed by atoms with E-state index in [-0.39, 0.29) is 11.7 Å². The minimum atomic E-state index is -0.182. The molecule has 0 fully saturated rings. The molecule has 18 heavy (non-hydrogen) atoms. The van der Waals surface area contributed by atoms with Crippen molar-refractivity contribution < 1.29 is 9.90 Å². The van der Waals surface area contributed by atoms with E-state index in [0.717, 1.165) is 12.0 Å². The molecule has 0 spiro atoms. The minimum absolute atomic E-state index is 0.0932. The van der Waals surface area contributed by atoms with Gasteiger partial charge in [-0.3, -0.25) is 4.79 Å². The Hall–Kier alpha value is -1.81. The SMILES string of the molecule is CCc1ccc(C(=O)Nc2ccc(C)cc2O)s1. The number of rotatable bonds is 3. The standard InChI is InChI=1S/C14H15NO2S/c1-3-10-5-7-13(18-10)14(17)15-11-6-4-9(2)8-12(11)16/h4-8,16H,3H2,1-2H3,(H,15,17). The molecule has 2 rings (SSSR count). The maximum atomic E-state index is 12.0. The number of phenolic OH excluding ortho intramolecular Hbond substituents is 1. The van der Waals surface area contributed by atoms with Crippen LogP contribution in [0.1, 0.15) is 27.0 Å². The van der Waals surface area contributed by atoms with Crippen LogP contribution in [-0.2, 0) is 6.42 Å². The summed E-state index contributed by atoms with van der Waals surface area (Å²) < 4.78 is 0. The zero-order valence-electron chi connectivity index (χ0n) is 10.4. The molecule has 1 heterocycles. The highest BCUT2D eigenvalue weighted by atomic mass is 32.1. The van der Waals surface area contributed by atoms with E-state index in [9.17, 15) is 9.90 Å². The van der Waals surface area contributed by atoms with E-state index in [2.05, 4.69) is 12.2 Å². The lowest BCUT2D eigenvalue weighted by Crippen LogP contribution is -2.10. The summed E-state index contributed by atoms with van der Waals surface area (Å²) in [4.78, 5) is 13.8. The highest BCUT2D eigenvalue weighted by molar-refractivity contribution is 7.14. The van der Waals surface area contributed by atoms with Crippen molar-refractivity contribution >= 4 is 22.9 Å². The van der Waals surface area contributed by atoms with Crippen molar-refractivity contribution in [3.8, 4) is 5.75 Å². The van der Waals surface area contributed by atoms with Crippen LogP contribution < -0.4 is 5.32 Å². The van der Waals surface area contributed by atoms with Crippen molar-refractivity contribution in [1.82, 2.24) is 0 Å². The van der Waals surface area contributed by atoms with Gasteiger partial charge in [0.2, 0.25) is 0 Å². The summed E-state index contributed by atoms with van der Waals surface area (Å²) in [6.45, 7) is 3.94. The van der Waals surface area contributed by atoms with Crippen LogP contribution in [0.25, 0.3) is 0 Å². The maximum Gasteiger partial charge on any atom is 0.265 e. The number of carbonyl (C=O) groups excluding carboxylic acids is 1. The molecule has 3 nitrogen and oxygen atoms in total. The molecular formula is C14H15NO2S. The van der Waals surface area contributed by atoms with Crippen LogP contribution in [0.4, 0.5) is 5.69 Å². The number of aromatic hydroxyl groups is 1. The van der Waals surface area contributed by atoms with Crippen molar-refractivity contribution in [2.75, 3.05) is 5.32 Å². The molecular weight excluding hydrogens is 246 g/mol. The fourth-order valence-corrected chi connectivity index (χ4v) is 2.46. The van der Waals surface area contributed by atoms with Gasteiger partial charge in [-0.25, -0.2) is 0 Å². The van der Waals surface area contributed by atoms with Crippen molar-refractivity contribution in [2.24, 2.45) is 0 Å². The Balaban J connectivity index is 2.16. The summed E-state index contributed by atoms with van der Waals surface area (Å²) in [7, 11) is 0. The summed E-state index contributed by atoms with van der Waals surface area (Å²) in [6, 6.07) is 8.94. The van der Waals surface area contributed by atoms with Crippen LogP contribution >= 0.6 is 11.3 Å². The Morgan fingerprint density at radius 1 is 1.33 bits per heavy atom. The molecule has 0 aliphatic rings. The van der Waals surface area contributed by atoms with E-state index in [4.69, 9.17) is 0 Å². The molecule has 0 aliphatic carbocycles. The summed E-state index contributed by atoms with van der Waals surface area (Å²) in [5.41, 5.74) is 1.40. The van der Waals surface area contributed by atoms with E-state index in [1.807, 2.05) is 25.1 Å². The summed E-state index contributed by atoms with van der Waals surface area (Å²) in [6.07, 6.45) is 0.924. The minimum Gasteiger partial charge on any atom is -0.506 e. The number of hydrogen-bond acceptors (Lipinski definition) is 3. The number of thiophene rings is 1. The van der Waals surface area contributed by atoms with E-state index in [1.165, 1.54) is 16.2 Å². The summed E-state index contributed by atoms with van der Waals surface area (Å²) in [5.74, 6) is -0.0884. The van der Waals surface area contributed by atoms with Gasteiger partial charge in [-0.15, -0.1) is 11.3 Å². The van der Waals surface area contributed by atoms with Crippen molar-refractivity contribution in [3.05, 3.63) is 45.6 Å². The zero-order chi connectivity index (χ0) is 13.1. The fourth-order valence-electron chi connectivity index (χ4n) is 1.62. The average Bonchev–Trinajstić information content (AvgIpc) is 2.81. The van der Waals surface area contributed by atoms with Crippen LogP contribution in [-0.4, -0.2) is 11.0 Å². The van der Waals surface area contributed by atoms with Crippen LogP contribution in [0.15, 0.2) is 30.3 Å². The second-order valence-electron chi connectivity index (χ2n) is 4.09. The molecule has 1 aromatic carbocycles. The number of nitrogens with one attached hydrogen (secondary N) is 1. The number of benzene rings is 1. The lowest BCUT2D eigenvalue weighted by atomic mass is 10.2. The molecule has 94 valence electrons. The lowest BCUT2D eigenvalue weighted by molar-refractivity contribution is 0.103. The zero-order valence-corrected chi connectivity index (χ0v) is 11.2. The van der Waals surface area contributed by atoms with Gasteiger partial charge in [0.05, 0.1) is 10.6 Å². The molecule has 1 aromatic heterocycles. The van der Waals surface area contributed by atoms with Gasteiger partial charge < -0.3 is 10.4 Å². The van der Waals surface area contributed by atoms with E-state index in [1.54, 1.807) is 12.1 Å². The maximum absolute atomic E-state index is 12.0. The molecule has 2 aromatic rings. The first-order valence-electron chi connectivity index (χ1n) is 5.80. The Morgan fingerprint density at radius 2 is 2.11 bits per heavy atom. The van der Waals surface area contributed by atoms with Crippen LogP contribution in [0.5, 0.6) is 5.75 Å². The average molecular weight is 261 g/mol. The number of carbonyl (C=O) groups is 1. The normalized spacial score (nSPS) is 10.3. The van der Waals surface area contributed by atoms with Crippen LogP contribution in [0.2, 0.25) is 0 Å². The Morgan fingerprint density at radius 3 is 2.72 bits per heavy atom. The third kappa shape index (κ3) is 2.71. The van der Waals surface area contributed by atoms with Gasteiger partial charge in [0.1, 0.15) is 5.75 Å². The number of hydrogen-bond donors (Lipinski definition) is 2. The largest absolute Gasteiger partial charge is 0.506 e. The highest BCUT2D eigenvalue weighted by Crippen LogP contribution is 2.25. The fraction of sp³-hybridized carbons (Fsp3) is 0.214. The van der Waals surface area contributed by atoms with Crippen LogP contribution in [0.3, 0.4) is 0 Å². The summed E-state index contributed by atoms with van der Waals surface area (Å²) in [5, 5.41) is 12.4. The topological polar surface area (TPSA) is 49.3 Å².